The monoisotopic (exact) mass is 412 g/mol. The summed E-state index contributed by atoms with van der Waals surface area (Å²) in [6.45, 7) is 1.84. The van der Waals surface area contributed by atoms with Gasteiger partial charge in [0, 0.05) is 22.7 Å². The fraction of sp³-hybridized carbons (Fsp3) is 0.318. The third-order valence-electron chi connectivity index (χ3n) is 5.40. The number of amides is 1. The van der Waals surface area contributed by atoms with Gasteiger partial charge >= 0.3 is 0 Å². The van der Waals surface area contributed by atoms with E-state index in [1.165, 1.54) is 12.1 Å². The molecule has 0 bridgehead atoms. The summed E-state index contributed by atoms with van der Waals surface area (Å²) in [5.74, 6) is -0.114. The van der Waals surface area contributed by atoms with Crippen LogP contribution in [0.15, 0.2) is 57.8 Å². The molecule has 0 saturated heterocycles. The van der Waals surface area contributed by atoms with Crippen LogP contribution < -0.4 is 10.0 Å². The maximum absolute atomic E-state index is 12.6. The number of aryl methyl sites for hydroxylation is 1. The number of anilines is 1. The molecule has 7 heteroatoms. The maximum atomic E-state index is 12.6. The third kappa shape index (κ3) is 4.21. The minimum Gasteiger partial charge on any atom is -0.451 e. The highest BCUT2D eigenvalue weighted by Crippen LogP contribution is 2.26. The number of para-hydroxylation sites is 1. The zero-order valence-electron chi connectivity index (χ0n) is 16.3. The van der Waals surface area contributed by atoms with Gasteiger partial charge in [-0.15, -0.1) is 0 Å². The van der Waals surface area contributed by atoms with Crippen molar-refractivity contribution < 1.29 is 17.6 Å². The van der Waals surface area contributed by atoms with Crippen LogP contribution >= 0.6 is 0 Å². The molecule has 4 rings (SSSR count). The summed E-state index contributed by atoms with van der Waals surface area (Å²) in [5.41, 5.74) is 1.94. The predicted molar refractivity (Wildman–Crippen MR) is 113 cm³/mol. The van der Waals surface area contributed by atoms with Crippen molar-refractivity contribution in [3.8, 4) is 0 Å². The molecule has 1 aliphatic rings. The van der Waals surface area contributed by atoms with Crippen LogP contribution in [0, 0.1) is 6.92 Å². The quantitative estimate of drug-likeness (QED) is 0.641. The van der Waals surface area contributed by atoms with E-state index in [9.17, 15) is 13.2 Å². The van der Waals surface area contributed by atoms with E-state index in [4.69, 9.17) is 4.42 Å². The van der Waals surface area contributed by atoms with E-state index in [-0.39, 0.29) is 22.6 Å². The van der Waals surface area contributed by atoms with Gasteiger partial charge in [0.2, 0.25) is 10.0 Å². The zero-order valence-corrected chi connectivity index (χ0v) is 17.1. The standard InChI is InChI=1S/C22H24N2O4S/c1-15-19-9-5-6-10-20(19)28-21(15)22(25)23-16-11-13-18(14-12-16)29(26,27)24-17-7-3-2-4-8-17/h5-6,9-14,17,24H,2-4,7-8H2,1H3,(H,23,25). The molecule has 1 aliphatic carbocycles. The molecule has 0 spiro atoms. The van der Waals surface area contributed by atoms with Gasteiger partial charge in [0.05, 0.1) is 4.90 Å². The number of rotatable bonds is 5. The summed E-state index contributed by atoms with van der Waals surface area (Å²) < 4.78 is 33.6. The normalized spacial score (nSPS) is 15.5. The zero-order chi connectivity index (χ0) is 20.4. The van der Waals surface area contributed by atoms with E-state index in [2.05, 4.69) is 10.0 Å². The van der Waals surface area contributed by atoms with Crippen LogP contribution in [0.25, 0.3) is 11.0 Å². The molecule has 1 heterocycles. The van der Waals surface area contributed by atoms with Crippen LogP contribution in [0.5, 0.6) is 0 Å². The molecule has 0 aliphatic heterocycles. The van der Waals surface area contributed by atoms with E-state index in [0.29, 0.717) is 11.3 Å². The minimum atomic E-state index is -3.56. The molecule has 6 nitrogen and oxygen atoms in total. The first-order chi connectivity index (χ1) is 13.9. The number of nitrogens with one attached hydrogen (secondary N) is 2. The molecule has 1 aromatic heterocycles. The number of furan rings is 1. The Morgan fingerprint density at radius 2 is 1.69 bits per heavy atom. The molecule has 0 radical (unpaired) electrons. The van der Waals surface area contributed by atoms with Gasteiger partial charge in [0.15, 0.2) is 5.76 Å². The second-order valence-corrected chi connectivity index (χ2v) is 9.20. The topological polar surface area (TPSA) is 88.4 Å². The Kier molecular flexibility index (Phi) is 5.43. The molecule has 29 heavy (non-hydrogen) atoms. The summed E-state index contributed by atoms with van der Waals surface area (Å²) >= 11 is 0. The molecule has 1 fully saturated rings. The van der Waals surface area contributed by atoms with Crippen LogP contribution in [0.1, 0.15) is 48.2 Å². The highest BCUT2D eigenvalue weighted by molar-refractivity contribution is 7.89. The van der Waals surface area contributed by atoms with Crippen LogP contribution in [-0.2, 0) is 10.0 Å². The Balaban J connectivity index is 1.47. The second kappa shape index (κ2) is 8.00. The molecule has 3 aromatic rings. The van der Waals surface area contributed by atoms with E-state index in [0.717, 1.165) is 43.1 Å². The lowest BCUT2D eigenvalue weighted by Gasteiger charge is -2.22. The van der Waals surface area contributed by atoms with Crippen molar-refractivity contribution >= 4 is 32.6 Å². The van der Waals surface area contributed by atoms with E-state index < -0.39 is 10.0 Å². The lowest BCUT2D eigenvalue weighted by atomic mass is 9.96. The number of sulfonamides is 1. The first kappa shape index (κ1) is 19.7. The highest BCUT2D eigenvalue weighted by Gasteiger charge is 2.22. The van der Waals surface area contributed by atoms with Crippen LogP contribution in [-0.4, -0.2) is 20.4 Å². The summed E-state index contributed by atoms with van der Waals surface area (Å²) in [5, 5.41) is 3.67. The Bertz CT molecular complexity index is 1130. The van der Waals surface area contributed by atoms with Gasteiger partial charge in [-0.2, -0.15) is 0 Å². The van der Waals surface area contributed by atoms with E-state index >= 15 is 0 Å². The number of carbonyl (C=O) groups excluding carboxylic acids is 1. The smallest absolute Gasteiger partial charge is 0.291 e. The maximum Gasteiger partial charge on any atom is 0.291 e. The highest BCUT2D eigenvalue weighted by atomic mass is 32.2. The molecule has 1 saturated carbocycles. The van der Waals surface area contributed by atoms with E-state index in [1.54, 1.807) is 12.1 Å². The van der Waals surface area contributed by atoms with Gasteiger partial charge in [0.25, 0.3) is 5.91 Å². The van der Waals surface area contributed by atoms with Crippen molar-refractivity contribution in [1.29, 1.82) is 0 Å². The Hall–Kier alpha value is -2.64. The van der Waals surface area contributed by atoms with Gasteiger partial charge < -0.3 is 9.73 Å². The SMILES string of the molecule is Cc1c(C(=O)Nc2ccc(S(=O)(=O)NC3CCCCC3)cc2)oc2ccccc12. The van der Waals surface area contributed by atoms with Crippen LogP contribution in [0.4, 0.5) is 5.69 Å². The summed E-state index contributed by atoms with van der Waals surface area (Å²) in [7, 11) is -3.56. The van der Waals surface area contributed by atoms with Crippen LogP contribution in [0.2, 0.25) is 0 Å². The largest absolute Gasteiger partial charge is 0.451 e. The van der Waals surface area contributed by atoms with Crippen molar-refractivity contribution in [2.75, 3.05) is 5.32 Å². The number of benzene rings is 2. The lowest BCUT2D eigenvalue weighted by molar-refractivity contribution is 0.0998. The fourth-order valence-electron chi connectivity index (χ4n) is 3.80. The first-order valence-corrected chi connectivity index (χ1v) is 11.3. The Morgan fingerprint density at radius 1 is 1.00 bits per heavy atom. The van der Waals surface area contributed by atoms with Gasteiger partial charge in [-0.1, -0.05) is 37.5 Å². The average molecular weight is 413 g/mol. The van der Waals surface area contributed by atoms with Gasteiger partial charge in [0.1, 0.15) is 5.58 Å². The van der Waals surface area contributed by atoms with Gasteiger partial charge in [-0.05, 0) is 50.1 Å². The number of fused-ring (bicyclic) bond motifs is 1. The average Bonchev–Trinajstić information content (AvgIpc) is 3.06. The molecule has 2 N–H and O–H groups in total. The van der Waals surface area contributed by atoms with Crippen molar-refractivity contribution in [3.63, 3.8) is 0 Å². The second-order valence-electron chi connectivity index (χ2n) is 7.49. The van der Waals surface area contributed by atoms with Crippen molar-refractivity contribution in [3.05, 3.63) is 59.9 Å². The van der Waals surface area contributed by atoms with E-state index in [1.807, 2.05) is 31.2 Å². The lowest BCUT2D eigenvalue weighted by Crippen LogP contribution is -2.36. The first-order valence-electron chi connectivity index (χ1n) is 9.86. The van der Waals surface area contributed by atoms with Crippen molar-refractivity contribution in [2.24, 2.45) is 0 Å². The third-order valence-corrected chi connectivity index (χ3v) is 6.94. The van der Waals surface area contributed by atoms with Gasteiger partial charge in [-0.25, -0.2) is 13.1 Å². The number of hydrogen-bond donors (Lipinski definition) is 2. The fourth-order valence-corrected chi connectivity index (χ4v) is 5.11. The molecule has 2 aromatic carbocycles. The Labute approximate surface area is 170 Å². The molecule has 0 unspecified atom stereocenters. The predicted octanol–water partition coefficient (Wildman–Crippen LogP) is 4.60. The van der Waals surface area contributed by atoms with Crippen molar-refractivity contribution in [1.82, 2.24) is 4.72 Å². The summed E-state index contributed by atoms with van der Waals surface area (Å²) in [4.78, 5) is 12.8. The Morgan fingerprint density at radius 3 is 2.38 bits per heavy atom. The van der Waals surface area contributed by atoms with Crippen molar-refractivity contribution in [2.45, 2.75) is 50.0 Å². The number of carbonyl (C=O) groups is 1. The molecular formula is C22H24N2O4S. The van der Waals surface area contributed by atoms with Gasteiger partial charge in [-0.3, -0.25) is 4.79 Å². The molecule has 1 amide bonds. The molecule has 0 atom stereocenters. The summed E-state index contributed by atoms with van der Waals surface area (Å²) in [6.07, 6.45) is 5.03. The summed E-state index contributed by atoms with van der Waals surface area (Å²) in [6, 6.07) is 13.7. The minimum absolute atomic E-state index is 0.00388. The van der Waals surface area contributed by atoms with Crippen LogP contribution in [0.3, 0.4) is 0 Å². The number of hydrogen-bond acceptors (Lipinski definition) is 4. The molecule has 152 valence electrons. The molecular weight excluding hydrogens is 388 g/mol.